The molecule has 1 rings (SSSR count). The van der Waals surface area contributed by atoms with Crippen molar-refractivity contribution in [1.29, 1.82) is 0 Å². The van der Waals surface area contributed by atoms with Crippen molar-refractivity contribution in [1.82, 2.24) is 0 Å². The number of hydrogen-bond acceptors (Lipinski definition) is 4. The molecule has 8 heavy (non-hydrogen) atoms. The fraction of sp³-hybridized carbons (Fsp3) is 0.500. The second-order valence-electron chi connectivity index (χ2n) is 1.48. The molecule has 0 aromatic rings. The van der Waals surface area contributed by atoms with Crippen LogP contribution in [0.4, 0.5) is 0 Å². The van der Waals surface area contributed by atoms with Crippen LogP contribution in [0.15, 0.2) is 0 Å². The van der Waals surface area contributed by atoms with Gasteiger partial charge in [-0.1, -0.05) is 11.8 Å². The summed E-state index contributed by atoms with van der Waals surface area (Å²) in [7, 11) is 0. The molecule has 44 valence electrons. The highest BCUT2D eigenvalue weighted by Gasteiger charge is 2.29. The minimum atomic E-state index is -0.639. The number of thioether (sulfide) groups is 1. The largest absolute Gasteiger partial charge is 0.297 e. The zero-order valence-electron chi connectivity index (χ0n) is 3.96. The van der Waals surface area contributed by atoms with Gasteiger partial charge in [0.05, 0.1) is 5.75 Å². The number of thiol groups is 1. The van der Waals surface area contributed by atoms with Gasteiger partial charge in [0.25, 0.3) is 0 Å². The summed E-state index contributed by atoms with van der Waals surface area (Å²) in [5, 5.41) is -0.752. The minimum absolute atomic E-state index is 0.0664. The lowest BCUT2D eigenvalue weighted by Gasteiger charge is -1.88. The third kappa shape index (κ3) is 0.902. The van der Waals surface area contributed by atoms with E-state index in [1.54, 1.807) is 0 Å². The van der Waals surface area contributed by atoms with Gasteiger partial charge in [-0.15, -0.1) is 0 Å². The van der Waals surface area contributed by atoms with Crippen molar-refractivity contribution in [3.63, 3.8) is 0 Å². The Kier molecular flexibility index (Phi) is 1.62. The van der Waals surface area contributed by atoms with Gasteiger partial charge in [0.2, 0.25) is 5.12 Å². The van der Waals surface area contributed by atoms with E-state index in [4.69, 9.17) is 0 Å². The zero-order chi connectivity index (χ0) is 6.15. The number of rotatable bonds is 0. The third-order valence-electron chi connectivity index (χ3n) is 0.885. The summed E-state index contributed by atoms with van der Waals surface area (Å²) < 4.78 is 0. The first-order chi connectivity index (χ1) is 3.72. The van der Waals surface area contributed by atoms with E-state index in [0.29, 0.717) is 5.75 Å². The van der Waals surface area contributed by atoms with Crippen molar-refractivity contribution < 1.29 is 9.59 Å². The quantitative estimate of drug-likeness (QED) is 0.391. The van der Waals surface area contributed by atoms with Crippen molar-refractivity contribution in [3.8, 4) is 0 Å². The summed E-state index contributed by atoms with van der Waals surface area (Å²) in [5.74, 6) is 0.246. The van der Waals surface area contributed by atoms with Crippen LogP contribution < -0.4 is 0 Å². The summed E-state index contributed by atoms with van der Waals surface area (Å²) in [6.45, 7) is 0. The molecule has 0 N–H and O–H groups in total. The molecule has 4 heteroatoms. The summed E-state index contributed by atoms with van der Waals surface area (Å²) >= 11 is 4.81. The Morgan fingerprint density at radius 1 is 1.62 bits per heavy atom. The van der Waals surface area contributed by atoms with E-state index in [-0.39, 0.29) is 10.9 Å². The molecule has 1 atom stereocenters. The van der Waals surface area contributed by atoms with Crippen LogP contribution in [0.25, 0.3) is 0 Å². The van der Waals surface area contributed by atoms with Gasteiger partial charge in [-0.05, 0) is 0 Å². The Bertz CT molecular complexity index is 127. The van der Waals surface area contributed by atoms with Crippen LogP contribution in [-0.2, 0) is 9.59 Å². The molecule has 1 heterocycles. The normalized spacial score (nSPS) is 29.4. The number of Topliss-reactive ketones (excluding diaryl/α,β-unsaturated/α-hetero) is 1. The Morgan fingerprint density at radius 2 is 2.25 bits per heavy atom. The molecule has 0 bridgehead atoms. The monoisotopic (exact) mass is 148 g/mol. The smallest absolute Gasteiger partial charge is 0.209 e. The lowest BCUT2D eigenvalue weighted by molar-refractivity contribution is -0.119. The molecule has 1 aliphatic heterocycles. The molecule has 0 amide bonds. The average Bonchev–Trinajstić information content (AvgIpc) is 1.98. The number of hydrogen-bond donors (Lipinski definition) is 1. The molecule has 0 aromatic carbocycles. The summed E-state index contributed by atoms with van der Waals surface area (Å²) in [4.78, 5) is 20.9. The molecule has 2 nitrogen and oxygen atoms in total. The molecule has 1 aliphatic rings. The Labute approximate surface area is 56.4 Å². The molecular formula is C4H4O2S2. The van der Waals surface area contributed by atoms with Crippen LogP contribution in [0, 0.1) is 0 Å². The highest BCUT2D eigenvalue weighted by atomic mass is 32.2. The number of ketones is 1. The van der Waals surface area contributed by atoms with Crippen LogP contribution in [0.5, 0.6) is 0 Å². The second-order valence-corrected chi connectivity index (χ2v) is 2.97. The van der Waals surface area contributed by atoms with Crippen LogP contribution in [0.2, 0.25) is 0 Å². The Balaban J connectivity index is 2.70. The molecule has 0 spiro atoms. The van der Waals surface area contributed by atoms with E-state index in [1.165, 1.54) is 0 Å². The third-order valence-corrected chi connectivity index (χ3v) is 2.53. The van der Waals surface area contributed by atoms with Gasteiger partial charge in [0.15, 0.2) is 5.78 Å². The Hall–Kier alpha value is 0.0400. The predicted octanol–water partition coefficient (Wildman–Crippen LogP) is 0.127. The first-order valence-electron chi connectivity index (χ1n) is 2.09. The molecular weight excluding hydrogens is 144 g/mol. The first kappa shape index (κ1) is 6.16. The van der Waals surface area contributed by atoms with Crippen molar-refractivity contribution in [2.75, 3.05) is 5.75 Å². The van der Waals surface area contributed by atoms with Crippen molar-refractivity contribution in [2.24, 2.45) is 0 Å². The van der Waals surface area contributed by atoms with Crippen LogP contribution in [0.3, 0.4) is 0 Å². The van der Waals surface area contributed by atoms with E-state index in [1.807, 2.05) is 0 Å². The van der Waals surface area contributed by atoms with Crippen LogP contribution in [-0.4, -0.2) is 21.9 Å². The van der Waals surface area contributed by atoms with Gasteiger partial charge >= 0.3 is 0 Å². The van der Waals surface area contributed by atoms with Gasteiger partial charge in [-0.3, -0.25) is 9.59 Å². The first-order valence-corrected chi connectivity index (χ1v) is 3.59. The van der Waals surface area contributed by atoms with Gasteiger partial charge in [-0.2, -0.15) is 12.6 Å². The van der Waals surface area contributed by atoms with Crippen molar-refractivity contribution in [2.45, 2.75) is 5.25 Å². The van der Waals surface area contributed by atoms with E-state index in [0.717, 1.165) is 11.8 Å². The maximum Gasteiger partial charge on any atom is 0.209 e. The molecule has 0 radical (unpaired) electrons. The van der Waals surface area contributed by atoms with E-state index >= 15 is 0 Å². The topological polar surface area (TPSA) is 34.1 Å². The van der Waals surface area contributed by atoms with Gasteiger partial charge in [0.1, 0.15) is 5.25 Å². The van der Waals surface area contributed by atoms with Crippen LogP contribution in [0.1, 0.15) is 0 Å². The zero-order valence-corrected chi connectivity index (χ0v) is 5.67. The second kappa shape index (κ2) is 2.11. The fourth-order valence-electron chi connectivity index (χ4n) is 0.432. The molecule has 0 saturated carbocycles. The van der Waals surface area contributed by atoms with E-state index < -0.39 is 5.25 Å². The average molecular weight is 148 g/mol. The highest BCUT2D eigenvalue weighted by Crippen LogP contribution is 2.20. The molecule has 0 aromatic heterocycles. The van der Waals surface area contributed by atoms with Gasteiger partial charge in [-0.25, -0.2) is 0 Å². The van der Waals surface area contributed by atoms with E-state index in [9.17, 15) is 9.59 Å². The standard InChI is InChI=1S/C4H4O2S2/c5-2-1-8-4(6)3(2)7/h3,7H,1H2. The van der Waals surface area contributed by atoms with Crippen LogP contribution >= 0.6 is 24.4 Å². The lowest BCUT2D eigenvalue weighted by atomic mass is 10.3. The molecule has 0 aliphatic carbocycles. The number of carbonyl (C=O) groups excluding carboxylic acids is 2. The Morgan fingerprint density at radius 3 is 2.38 bits per heavy atom. The summed E-state index contributed by atoms with van der Waals surface area (Å²) in [6, 6.07) is 0. The lowest BCUT2D eigenvalue weighted by Crippen LogP contribution is -2.13. The molecule has 1 unspecified atom stereocenters. The number of carbonyl (C=O) groups is 2. The van der Waals surface area contributed by atoms with Gasteiger partial charge < -0.3 is 0 Å². The van der Waals surface area contributed by atoms with Gasteiger partial charge in [0, 0.05) is 0 Å². The maximum atomic E-state index is 10.5. The van der Waals surface area contributed by atoms with Crippen molar-refractivity contribution in [3.05, 3.63) is 0 Å². The minimum Gasteiger partial charge on any atom is -0.297 e. The summed E-state index contributed by atoms with van der Waals surface area (Å²) in [6.07, 6.45) is 0. The van der Waals surface area contributed by atoms with Crippen molar-refractivity contribution >= 4 is 35.3 Å². The SMILES string of the molecule is O=C1CSC(=O)C1S. The fourth-order valence-corrected chi connectivity index (χ4v) is 1.61. The summed E-state index contributed by atoms with van der Waals surface area (Å²) in [5.41, 5.74) is 0. The molecule has 1 saturated heterocycles. The van der Waals surface area contributed by atoms with E-state index in [2.05, 4.69) is 12.6 Å². The predicted molar refractivity (Wildman–Crippen MR) is 35.2 cm³/mol. The highest BCUT2D eigenvalue weighted by molar-refractivity contribution is 8.16. The maximum absolute atomic E-state index is 10.5. The molecule has 1 fully saturated rings.